The number of aliphatic hydroxyl groups is 1. The molecule has 4 nitrogen and oxygen atoms in total. The quantitative estimate of drug-likeness (QED) is 0.875. The summed E-state index contributed by atoms with van der Waals surface area (Å²) in [7, 11) is 1.74. The highest BCUT2D eigenvalue weighted by Crippen LogP contribution is 2.26. The van der Waals surface area contributed by atoms with Crippen LogP contribution < -0.4 is 5.73 Å². The second-order valence-electron chi connectivity index (χ2n) is 3.88. The van der Waals surface area contributed by atoms with Gasteiger partial charge in [0, 0.05) is 7.05 Å². The Balaban J connectivity index is 2.26. The molecular weight excluding hydrogens is 238 g/mol. The van der Waals surface area contributed by atoms with E-state index in [9.17, 15) is 5.11 Å². The number of aliphatic hydroxyl groups excluding tert-OH is 1. The average molecular weight is 252 g/mol. The predicted molar refractivity (Wildman–Crippen MR) is 66.5 cm³/mol. The maximum absolute atomic E-state index is 10.2. The number of halogens is 1. The minimum atomic E-state index is -0.880. The van der Waals surface area contributed by atoms with Crippen molar-refractivity contribution in [1.82, 2.24) is 9.55 Å². The largest absolute Gasteiger partial charge is 0.383 e. The van der Waals surface area contributed by atoms with Crippen LogP contribution in [0.2, 0.25) is 5.15 Å². The molecule has 2 aromatic rings. The fraction of sp³-hybridized carbons (Fsp3) is 0.250. The molecule has 2 rings (SSSR count). The second kappa shape index (κ2) is 4.87. The first-order valence-electron chi connectivity index (χ1n) is 5.27. The molecule has 17 heavy (non-hydrogen) atoms. The number of nitrogens with zero attached hydrogens (tertiary/aromatic N) is 2. The van der Waals surface area contributed by atoms with Crippen molar-refractivity contribution in [2.45, 2.75) is 12.1 Å². The van der Waals surface area contributed by atoms with Gasteiger partial charge in [0.05, 0.1) is 12.2 Å². The average Bonchev–Trinajstić information content (AvgIpc) is 2.69. The van der Waals surface area contributed by atoms with Crippen molar-refractivity contribution >= 4 is 11.6 Å². The maximum atomic E-state index is 10.2. The Morgan fingerprint density at radius 2 is 2.00 bits per heavy atom. The third-order valence-corrected chi connectivity index (χ3v) is 3.11. The molecule has 2 atom stereocenters. The van der Waals surface area contributed by atoms with Gasteiger partial charge in [-0.2, -0.15) is 0 Å². The van der Waals surface area contributed by atoms with Gasteiger partial charge in [0.25, 0.3) is 0 Å². The molecule has 5 heteroatoms. The minimum Gasteiger partial charge on any atom is -0.383 e. The van der Waals surface area contributed by atoms with Gasteiger partial charge in [0.1, 0.15) is 17.1 Å². The fourth-order valence-corrected chi connectivity index (χ4v) is 1.83. The molecule has 0 radical (unpaired) electrons. The standard InChI is InChI=1S/C12H14ClN3O/c1-16-9(13)7-15-12(16)11(17)10(14)8-5-3-2-4-6-8/h2-7,10-11,17H,14H2,1H3. The van der Waals surface area contributed by atoms with Crippen LogP contribution in [0, 0.1) is 0 Å². The Hall–Kier alpha value is -1.36. The molecule has 0 bridgehead atoms. The first kappa shape index (κ1) is 12.1. The third kappa shape index (κ3) is 2.34. The summed E-state index contributed by atoms with van der Waals surface area (Å²) in [5.41, 5.74) is 6.86. The Bertz CT molecular complexity index is 498. The first-order chi connectivity index (χ1) is 8.11. The normalized spacial score (nSPS) is 14.6. The molecule has 1 aromatic carbocycles. The van der Waals surface area contributed by atoms with Crippen molar-refractivity contribution in [1.29, 1.82) is 0 Å². The molecule has 0 saturated carbocycles. The highest BCUT2D eigenvalue weighted by atomic mass is 35.5. The minimum absolute atomic E-state index is 0.464. The zero-order valence-electron chi connectivity index (χ0n) is 9.42. The lowest BCUT2D eigenvalue weighted by atomic mass is 10.0. The van der Waals surface area contributed by atoms with Gasteiger partial charge in [-0.1, -0.05) is 41.9 Å². The maximum Gasteiger partial charge on any atom is 0.140 e. The summed E-state index contributed by atoms with van der Waals surface area (Å²) < 4.78 is 1.62. The van der Waals surface area contributed by atoms with E-state index >= 15 is 0 Å². The third-order valence-electron chi connectivity index (χ3n) is 2.76. The molecule has 3 N–H and O–H groups in total. The second-order valence-corrected chi connectivity index (χ2v) is 4.27. The molecule has 0 aliphatic carbocycles. The molecule has 0 spiro atoms. The smallest absolute Gasteiger partial charge is 0.140 e. The van der Waals surface area contributed by atoms with Crippen LogP contribution in [0.4, 0.5) is 0 Å². The highest BCUT2D eigenvalue weighted by Gasteiger charge is 2.23. The summed E-state index contributed by atoms with van der Waals surface area (Å²) in [5, 5.41) is 10.6. The van der Waals surface area contributed by atoms with Crippen molar-refractivity contribution in [3.05, 3.63) is 53.1 Å². The van der Waals surface area contributed by atoms with Crippen molar-refractivity contribution in [3.8, 4) is 0 Å². The summed E-state index contributed by atoms with van der Waals surface area (Å²) in [4.78, 5) is 4.06. The van der Waals surface area contributed by atoms with Crippen LogP contribution in [-0.4, -0.2) is 14.7 Å². The number of benzene rings is 1. The summed E-state index contributed by atoms with van der Waals surface area (Å²) in [6, 6.07) is 8.89. The molecule has 0 saturated heterocycles. The number of hydrogen-bond acceptors (Lipinski definition) is 3. The van der Waals surface area contributed by atoms with Gasteiger partial charge >= 0.3 is 0 Å². The Kier molecular flexibility index (Phi) is 3.47. The predicted octanol–water partition coefficient (Wildman–Crippen LogP) is 1.81. The monoisotopic (exact) mass is 251 g/mol. The van der Waals surface area contributed by atoms with Crippen LogP contribution in [0.25, 0.3) is 0 Å². The van der Waals surface area contributed by atoms with Crippen LogP contribution in [0.3, 0.4) is 0 Å². The van der Waals surface area contributed by atoms with Gasteiger partial charge in [0.2, 0.25) is 0 Å². The summed E-state index contributed by atoms with van der Waals surface area (Å²) in [5.74, 6) is 0.464. The van der Waals surface area contributed by atoms with Crippen LogP contribution >= 0.6 is 11.6 Å². The van der Waals surface area contributed by atoms with Crippen LogP contribution in [0.1, 0.15) is 23.5 Å². The molecule has 2 unspecified atom stereocenters. The van der Waals surface area contributed by atoms with Gasteiger partial charge in [0.15, 0.2) is 0 Å². The van der Waals surface area contributed by atoms with E-state index in [2.05, 4.69) is 4.98 Å². The van der Waals surface area contributed by atoms with E-state index in [1.54, 1.807) is 11.6 Å². The van der Waals surface area contributed by atoms with Crippen molar-refractivity contribution in [2.24, 2.45) is 12.8 Å². The molecule has 1 heterocycles. The lowest BCUT2D eigenvalue weighted by molar-refractivity contribution is 0.134. The molecule has 0 aliphatic rings. The Morgan fingerprint density at radius 3 is 2.53 bits per heavy atom. The van der Waals surface area contributed by atoms with Crippen molar-refractivity contribution in [2.75, 3.05) is 0 Å². The van der Waals surface area contributed by atoms with Gasteiger partial charge in [-0.15, -0.1) is 0 Å². The van der Waals surface area contributed by atoms with Crippen molar-refractivity contribution in [3.63, 3.8) is 0 Å². The SMILES string of the molecule is Cn1c(Cl)cnc1C(O)C(N)c1ccccc1. The summed E-state index contributed by atoms with van der Waals surface area (Å²) in [6.07, 6.45) is 0.618. The summed E-state index contributed by atoms with van der Waals surface area (Å²) >= 11 is 5.87. The van der Waals surface area contributed by atoms with E-state index in [4.69, 9.17) is 17.3 Å². The lowest BCUT2D eigenvalue weighted by Crippen LogP contribution is -2.22. The molecule has 90 valence electrons. The molecule has 0 amide bonds. The van der Waals surface area contributed by atoms with E-state index in [-0.39, 0.29) is 0 Å². The molecule has 1 aromatic heterocycles. The zero-order valence-corrected chi connectivity index (χ0v) is 10.2. The zero-order chi connectivity index (χ0) is 12.4. The Morgan fingerprint density at radius 1 is 1.35 bits per heavy atom. The van der Waals surface area contributed by atoms with Crippen LogP contribution in [-0.2, 0) is 7.05 Å². The van der Waals surface area contributed by atoms with Crippen LogP contribution in [0.5, 0.6) is 0 Å². The van der Waals surface area contributed by atoms with Gasteiger partial charge in [-0.05, 0) is 5.56 Å². The Labute approximate surface area is 105 Å². The number of hydrogen-bond donors (Lipinski definition) is 2. The molecule has 0 aliphatic heterocycles. The van der Waals surface area contributed by atoms with E-state index in [1.165, 1.54) is 6.20 Å². The van der Waals surface area contributed by atoms with Crippen molar-refractivity contribution < 1.29 is 5.11 Å². The fourth-order valence-electron chi connectivity index (χ4n) is 1.69. The molecular formula is C12H14ClN3O. The van der Waals surface area contributed by atoms with E-state index in [0.29, 0.717) is 11.0 Å². The topological polar surface area (TPSA) is 64.1 Å². The van der Waals surface area contributed by atoms with Crippen LogP contribution in [0.15, 0.2) is 36.5 Å². The van der Waals surface area contributed by atoms with E-state index in [1.807, 2.05) is 30.3 Å². The number of imidazole rings is 1. The van der Waals surface area contributed by atoms with E-state index < -0.39 is 12.1 Å². The molecule has 0 fully saturated rings. The van der Waals surface area contributed by atoms with Gasteiger partial charge in [-0.25, -0.2) is 4.98 Å². The lowest BCUT2D eigenvalue weighted by Gasteiger charge is -2.18. The van der Waals surface area contributed by atoms with Gasteiger partial charge in [-0.3, -0.25) is 0 Å². The number of aromatic nitrogens is 2. The van der Waals surface area contributed by atoms with Gasteiger partial charge < -0.3 is 15.4 Å². The highest BCUT2D eigenvalue weighted by molar-refractivity contribution is 6.29. The summed E-state index contributed by atoms with van der Waals surface area (Å²) in [6.45, 7) is 0. The number of nitrogens with two attached hydrogens (primary N) is 1. The first-order valence-corrected chi connectivity index (χ1v) is 5.64. The number of rotatable bonds is 3. The van der Waals surface area contributed by atoms with E-state index in [0.717, 1.165) is 5.56 Å².